The van der Waals surface area contributed by atoms with Crippen LogP contribution in [0.15, 0.2) is 205 Å². The summed E-state index contributed by atoms with van der Waals surface area (Å²) in [6.45, 7) is 0. The molecule has 0 aliphatic heterocycles. The molecule has 11 rings (SSSR count). The summed E-state index contributed by atoms with van der Waals surface area (Å²) in [5, 5.41) is 12.4. The average molecular weight is 688 g/mol. The van der Waals surface area contributed by atoms with Gasteiger partial charge in [-0.3, -0.25) is 0 Å². The van der Waals surface area contributed by atoms with Gasteiger partial charge in [-0.15, -0.1) is 0 Å². The minimum absolute atomic E-state index is 0.903. The smallest absolute Gasteiger partial charge is 0.136 e. The fourth-order valence-electron chi connectivity index (χ4n) is 8.48. The van der Waals surface area contributed by atoms with E-state index >= 15 is 0 Å². The fourth-order valence-corrected chi connectivity index (χ4v) is 8.48. The van der Waals surface area contributed by atoms with E-state index in [9.17, 15) is 0 Å². The Kier molecular flexibility index (Phi) is 6.90. The molecule has 0 radical (unpaired) electrons. The van der Waals surface area contributed by atoms with Crippen LogP contribution < -0.4 is 4.90 Å². The molecule has 0 aliphatic rings. The maximum absolute atomic E-state index is 6.25. The molecule has 1 aromatic heterocycles. The van der Waals surface area contributed by atoms with Crippen LogP contribution >= 0.6 is 0 Å². The maximum atomic E-state index is 6.25. The van der Waals surface area contributed by atoms with Gasteiger partial charge in [0, 0.05) is 27.8 Å². The molecule has 0 unspecified atom stereocenters. The van der Waals surface area contributed by atoms with Crippen molar-refractivity contribution in [3.05, 3.63) is 200 Å². The second-order valence-corrected chi connectivity index (χ2v) is 14.1. The Morgan fingerprint density at radius 1 is 0.278 bits per heavy atom. The summed E-state index contributed by atoms with van der Waals surface area (Å²) in [4.78, 5) is 2.39. The van der Waals surface area contributed by atoms with Gasteiger partial charge in [0.25, 0.3) is 0 Å². The van der Waals surface area contributed by atoms with Crippen LogP contribution in [0.4, 0.5) is 17.1 Å². The second-order valence-electron chi connectivity index (χ2n) is 14.1. The average Bonchev–Trinajstić information content (AvgIpc) is 3.62. The van der Waals surface area contributed by atoms with Crippen LogP contribution in [0.1, 0.15) is 0 Å². The Balaban J connectivity index is 1.09. The van der Waals surface area contributed by atoms with Gasteiger partial charge in [0.2, 0.25) is 0 Å². The van der Waals surface area contributed by atoms with Gasteiger partial charge in [0.1, 0.15) is 11.2 Å². The highest BCUT2D eigenvalue weighted by molar-refractivity contribution is 6.25. The van der Waals surface area contributed by atoms with Gasteiger partial charge in [0.05, 0.1) is 0 Å². The normalized spacial score (nSPS) is 11.7. The second kappa shape index (κ2) is 12.2. The van der Waals surface area contributed by atoms with E-state index < -0.39 is 0 Å². The molecule has 11 aromatic rings. The Hall–Kier alpha value is -7.16. The molecule has 0 saturated heterocycles. The molecule has 0 fully saturated rings. The molecule has 0 aliphatic carbocycles. The molecule has 0 atom stereocenters. The number of hydrogen-bond acceptors (Lipinski definition) is 2. The van der Waals surface area contributed by atoms with Gasteiger partial charge in [-0.2, -0.15) is 0 Å². The first-order chi connectivity index (χ1) is 26.8. The van der Waals surface area contributed by atoms with Crippen molar-refractivity contribution in [1.82, 2.24) is 0 Å². The summed E-state index contributed by atoms with van der Waals surface area (Å²) in [5.41, 5.74) is 9.78. The number of para-hydroxylation sites is 1. The van der Waals surface area contributed by atoms with Crippen molar-refractivity contribution in [2.24, 2.45) is 0 Å². The highest BCUT2D eigenvalue weighted by Gasteiger charge is 2.17. The summed E-state index contributed by atoms with van der Waals surface area (Å²) in [6, 6.07) is 72.4. The molecular weight excluding hydrogens is 655 g/mol. The number of hydrogen-bond donors (Lipinski definition) is 0. The van der Waals surface area contributed by atoms with E-state index in [1.165, 1.54) is 54.2 Å². The van der Waals surface area contributed by atoms with Crippen molar-refractivity contribution in [1.29, 1.82) is 0 Å². The predicted molar refractivity (Wildman–Crippen MR) is 229 cm³/mol. The Morgan fingerprint density at radius 2 is 0.815 bits per heavy atom. The molecular formula is C52H33NO. The summed E-state index contributed by atoms with van der Waals surface area (Å²) >= 11 is 0. The van der Waals surface area contributed by atoms with Crippen molar-refractivity contribution < 1.29 is 4.42 Å². The number of benzene rings is 10. The van der Waals surface area contributed by atoms with E-state index in [0.717, 1.165) is 50.1 Å². The van der Waals surface area contributed by atoms with Gasteiger partial charge < -0.3 is 9.32 Å². The van der Waals surface area contributed by atoms with Crippen molar-refractivity contribution >= 4 is 82.1 Å². The quantitative estimate of drug-likeness (QED) is 0.168. The molecule has 2 heteroatoms. The number of anilines is 3. The first-order valence-corrected chi connectivity index (χ1v) is 18.5. The first kappa shape index (κ1) is 30.5. The van der Waals surface area contributed by atoms with Crippen molar-refractivity contribution in [3.8, 4) is 22.3 Å². The third-order valence-corrected chi connectivity index (χ3v) is 11.0. The zero-order valence-corrected chi connectivity index (χ0v) is 29.4. The molecule has 10 aromatic carbocycles. The maximum Gasteiger partial charge on any atom is 0.136 e. The molecule has 54 heavy (non-hydrogen) atoms. The third-order valence-electron chi connectivity index (χ3n) is 11.0. The Labute approximate surface area is 312 Å². The lowest BCUT2D eigenvalue weighted by atomic mass is 9.94. The summed E-state index contributed by atoms with van der Waals surface area (Å²) in [7, 11) is 0. The lowest BCUT2D eigenvalue weighted by molar-refractivity contribution is 0.669. The van der Waals surface area contributed by atoms with E-state index in [4.69, 9.17) is 4.42 Å². The van der Waals surface area contributed by atoms with E-state index in [-0.39, 0.29) is 0 Å². The van der Waals surface area contributed by atoms with Crippen LogP contribution in [-0.4, -0.2) is 0 Å². The largest absolute Gasteiger partial charge is 0.456 e. The lowest BCUT2D eigenvalue weighted by Gasteiger charge is -2.27. The minimum Gasteiger partial charge on any atom is -0.456 e. The van der Waals surface area contributed by atoms with E-state index in [1.807, 2.05) is 12.1 Å². The van der Waals surface area contributed by atoms with Gasteiger partial charge in [-0.05, 0) is 120 Å². The first-order valence-electron chi connectivity index (χ1n) is 18.5. The summed E-state index contributed by atoms with van der Waals surface area (Å²) in [6.07, 6.45) is 0. The van der Waals surface area contributed by atoms with Crippen LogP contribution in [-0.2, 0) is 0 Å². The number of rotatable bonds is 5. The van der Waals surface area contributed by atoms with E-state index in [0.29, 0.717) is 0 Å². The predicted octanol–water partition coefficient (Wildman–Crippen LogP) is 15.0. The van der Waals surface area contributed by atoms with Crippen molar-refractivity contribution in [2.75, 3.05) is 4.90 Å². The van der Waals surface area contributed by atoms with Crippen LogP contribution in [0.3, 0.4) is 0 Å². The number of furan rings is 1. The Bertz CT molecular complexity index is 3190. The summed E-state index contributed by atoms with van der Waals surface area (Å²) < 4.78 is 6.25. The third kappa shape index (κ3) is 4.88. The van der Waals surface area contributed by atoms with Crippen LogP contribution in [0.2, 0.25) is 0 Å². The SMILES string of the molecule is c1cc(-c2cccc3ccccc23)cc(N(c2ccc(-c3ccc4c(c3)oc3ccccc34)cc2)c2ccc3c4ccccc4c4ccccc4c3c2)c1. The monoisotopic (exact) mass is 687 g/mol. The molecule has 0 spiro atoms. The molecule has 0 amide bonds. The fraction of sp³-hybridized carbons (Fsp3) is 0. The molecule has 0 saturated carbocycles. The zero-order valence-electron chi connectivity index (χ0n) is 29.4. The molecule has 252 valence electrons. The molecule has 2 nitrogen and oxygen atoms in total. The van der Waals surface area contributed by atoms with Crippen molar-refractivity contribution in [2.45, 2.75) is 0 Å². The molecule has 0 bridgehead atoms. The Morgan fingerprint density at radius 3 is 1.59 bits per heavy atom. The topological polar surface area (TPSA) is 16.4 Å². The van der Waals surface area contributed by atoms with Gasteiger partial charge in [-0.1, -0.05) is 146 Å². The lowest BCUT2D eigenvalue weighted by Crippen LogP contribution is -2.10. The van der Waals surface area contributed by atoms with Gasteiger partial charge in [0.15, 0.2) is 0 Å². The number of nitrogens with zero attached hydrogens (tertiary/aromatic N) is 1. The van der Waals surface area contributed by atoms with E-state index in [2.05, 4.69) is 193 Å². The van der Waals surface area contributed by atoms with Crippen molar-refractivity contribution in [3.63, 3.8) is 0 Å². The zero-order chi connectivity index (χ0) is 35.6. The van der Waals surface area contributed by atoms with Crippen LogP contribution in [0, 0.1) is 0 Å². The number of fused-ring (bicyclic) bond motifs is 10. The highest BCUT2D eigenvalue weighted by Crippen LogP contribution is 2.43. The standard InChI is InChI=1S/C52H33NO/c1-2-15-41-35(11-1)12-10-21-42(41)37-13-9-14-39(31-37)53(40-28-30-47-45-18-4-3-16-43(45)44-17-5-6-19-46(44)50(47)33-40)38-26-23-34(24-27-38)36-25-29-49-48-20-7-8-22-51(48)54-52(49)32-36/h1-33H. The highest BCUT2D eigenvalue weighted by atomic mass is 16.3. The van der Waals surface area contributed by atoms with E-state index in [1.54, 1.807) is 0 Å². The van der Waals surface area contributed by atoms with Gasteiger partial charge >= 0.3 is 0 Å². The van der Waals surface area contributed by atoms with Crippen LogP contribution in [0.5, 0.6) is 0 Å². The minimum atomic E-state index is 0.903. The molecule has 0 N–H and O–H groups in total. The van der Waals surface area contributed by atoms with Crippen LogP contribution in [0.25, 0.3) is 87.3 Å². The molecule has 1 heterocycles. The van der Waals surface area contributed by atoms with Gasteiger partial charge in [-0.25, -0.2) is 0 Å². The summed E-state index contributed by atoms with van der Waals surface area (Å²) in [5.74, 6) is 0.